The first-order valence-corrected chi connectivity index (χ1v) is 6.33. The number of amides is 2. The van der Waals surface area contributed by atoms with Crippen LogP contribution in [0.15, 0.2) is 48.6 Å². The number of ether oxygens (including phenoxy) is 1. The van der Waals surface area contributed by atoms with E-state index in [9.17, 15) is 9.18 Å². The molecule has 3 N–H and O–H groups in total. The Kier molecular flexibility index (Phi) is 6.97. The fourth-order valence-corrected chi connectivity index (χ4v) is 1.57. The molecule has 0 bridgehead atoms. The standard InChI is InChI=1S/C14H15ClFN3O2/c1-2-10(6-13(17)21-9-16)8-18-14(20)19-12-5-3-4-11(15)7-12/h2-7,17H,1,8-9H2,(H2,18,19,20)/b10-6+,17-13?. The predicted molar refractivity (Wildman–Crippen MR) is 81.5 cm³/mol. The van der Waals surface area contributed by atoms with E-state index in [2.05, 4.69) is 21.9 Å². The van der Waals surface area contributed by atoms with Crippen molar-refractivity contribution in [3.05, 3.63) is 53.6 Å². The zero-order valence-electron chi connectivity index (χ0n) is 11.2. The quantitative estimate of drug-likeness (QED) is 0.427. The molecule has 0 saturated heterocycles. The number of halogens is 2. The van der Waals surface area contributed by atoms with Crippen LogP contribution in [-0.2, 0) is 4.74 Å². The summed E-state index contributed by atoms with van der Waals surface area (Å²) in [5.41, 5.74) is 1.06. The minimum absolute atomic E-state index is 0.119. The third-order valence-electron chi connectivity index (χ3n) is 2.32. The van der Waals surface area contributed by atoms with Crippen molar-refractivity contribution in [2.75, 3.05) is 18.7 Å². The summed E-state index contributed by atoms with van der Waals surface area (Å²) in [7, 11) is 0. The first kappa shape index (κ1) is 16.7. The largest absolute Gasteiger partial charge is 0.446 e. The molecular formula is C14H15ClFN3O2. The maximum atomic E-state index is 11.9. The third-order valence-corrected chi connectivity index (χ3v) is 2.56. The van der Waals surface area contributed by atoms with Crippen molar-refractivity contribution < 1.29 is 13.9 Å². The molecule has 0 aliphatic heterocycles. The number of urea groups is 1. The average Bonchev–Trinajstić information content (AvgIpc) is 2.43. The number of anilines is 1. The van der Waals surface area contributed by atoms with Gasteiger partial charge >= 0.3 is 6.03 Å². The number of rotatable bonds is 6. The highest BCUT2D eigenvalue weighted by molar-refractivity contribution is 6.30. The number of hydrogen-bond donors (Lipinski definition) is 3. The monoisotopic (exact) mass is 311 g/mol. The molecule has 0 fully saturated rings. The average molecular weight is 312 g/mol. The molecule has 0 aromatic heterocycles. The van der Waals surface area contributed by atoms with Crippen LogP contribution in [0.4, 0.5) is 14.9 Å². The Morgan fingerprint density at radius 1 is 1.52 bits per heavy atom. The Morgan fingerprint density at radius 3 is 2.90 bits per heavy atom. The van der Waals surface area contributed by atoms with Crippen molar-refractivity contribution in [2.45, 2.75) is 0 Å². The minimum atomic E-state index is -1.08. The van der Waals surface area contributed by atoms with Crippen molar-refractivity contribution in [1.82, 2.24) is 5.32 Å². The van der Waals surface area contributed by atoms with E-state index in [1.165, 1.54) is 12.2 Å². The summed E-state index contributed by atoms with van der Waals surface area (Å²) in [6.07, 6.45) is 2.71. The summed E-state index contributed by atoms with van der Waals surface area (Å²) in [6.45, 7) is 2.58. The SMILES string of the molecule is C=C/C(=C\C(=N)OCF)CNC(=O)Nc1cccc(Cl)c1. The molecule has 1 aromatic rings. The van der Waals surface area contributed by atoms with Gasteiger partial charge in [0.1, 0.15) is 0 Å². The lowest BCUT2D eigenvalue weighted by Gasteiger charge is -2.08. The van der Waals surface area contributed by atoms with Crippen LogP contribution in [0.25, 0.3) is 0 Å². The number of benzene rings is 1. The second-order valence-corrected chi connectivity index (χ2v) is 4.30. The van der Waals surface area contributed by atoms with E-state index in [0.717, 1.165) is 0 Å². The van der Waals surface area contributed by atoms with Crippen molar-refractivity contribution >= 4 is 29.2 Å². The topological polar surface area (TPSA) is 74.2 Å². The molecule has 112 valence electrons. The maximum absolute atomic E-state index is 11.9. The lowest BCUT2D eigenvalue weighted by atomic mass is 10.2. The molecular weight excluding hydrogens is 297 g/mol. The van der Waals surface area contributed by atoms with E-state index in [0.29, 0.717) is 16.3 Å². The zero-order valence-corrected chi connectivity index (χ0v) is 11.9. The van der Waals surface area contributed by atoms with Gasteiger partial charge in [0.05, 0.1) is 0 Å². The lowest BCUT2D eigenvalue weighted by molar-refractivity contribution is 0.180. The third kappa shape index (κ3) is 6.58. The first-order chi connectivity index (χ1) is 10.0. The van der Waals surface area contributed by atoms with Gasteiger partial charge in [0.25, 0.3) is 0 Å². The normalized spacial score (nSPS) is 10.7. The van der Waals surface area contributed by atoms with Crippen LogP contribution < -0.4 is 10.6 Å². The summed E-state index contributed by atoms with van der Waals surface area (Å²) in [5, 5.41) is 13.0. The zero-order chi connectivity index (χ0) is 15.7. The molecule has 7 heteroatoms. The summed E-state index contributed by atoms with van der Waals surface area (Å²) in [5.74, 6) is -0.343. The Hall–Kier alpha value is -2.34. The van der Waals surface area contributed by atoms with Gasteiger partial charge < -0.3 is 15.4 Å². The molecule has 1 aromatic carbocycles. The van der Waals surface area contributed by atoms with Crippen molar-refractivity contribution in [3.8, 4) is 0 Å². The van der Waals surface area contributed by atoms with Gasteiger partial charge in [0.15, 0.2) is 0 Å². The number of nitrogens with one attached hydrogen (secondary N) is 3. The van der Waals surface area contributed by atoms with Crippen LogP contribution in [0, 0.1) is 5.41 Å². The second kappa shape index (κ2) is 8.76. The molecule has 2 amide bonds. The summed E-state index contributed by atoms with van der Waals surface area (Å²) < 4.78 is 16.2. The Bertz CT molecular complexity index is 561. The van der Waals surface area contributed by atoms with E-state index >= 15 is 0 Å². The van der Waals surface area contributed by atoms with E-state index in [4.69, 9.17) is 17.0 Å². The fraction of sp³-hybridized carbons (Fsp3) is 0.143. The number of hydrogen-bond acceptors (Lipinski definition) is 3. The minimum Gasteiger partial charge on any atom is -0.446 e. The summed E-state index contributed by atoms with van der Waals surface area (Å²) in [4.78, 5) is 11.7. The highest BCUT2D eigenvalue weighted by Crippen LogP contribution is 2.14. The van der Waals surface area contributed by atoms with Gasteiger partial charge in [0, 0.05) is 23.3 Å². The van der Waals surface area contributed by atoms with Crippen molar-refractivity contribution in [1.29, 1.82) is 5.41 Å². The molecule has 5 nitrogen and oxygen atoms in total. The van der Waals surface area contributed by atoms with E-state index in [-0.39, 0.29) is 12.4 Å². The van der Waals surface area contributed by atoms with Crippen LogP contribution >= 0.6 is 11.6 Å². The van der Waals surface area contributed by atoms with Gasteiger partial charge in [-0.15, -0.1) is 0 Å². The highest BCUT2D eigenvalue weighted by atomic mass is 35.5. The van der Waals surface area contributed by atoms with Gasteiger partial charge in [-0.2, -0.15) is 0 Å². The van der Waals surface area contributed by atoms with Gasteiger partial charge in [-0.25, -0.2) is 9.18 Å². The fourth-order valence-electron chi connectivity index (χ4n) is 1.37. The van der Waals surface area contributed by atoms with Gasteiger partial charge in [0.2, 0.25) is 12.8 Å². The second-order valence-electron chi connectivity index (χ2n) is 3.86. The van der Waals surface area contributed by atoms with Gasteiger partial charge in [-0.3, -0.25) is 5.41 Å². The summed E-state index contributed by atoms with van der Waals surface area (Å²) in [6, 6.07) is 6.27. The molecule has 21 heavy (non-hydrogen) atoms. The van der Waals surface area contributed by atoms with Crippen LogP contribution in [0.3, 0.4) is 0 Å². The Labute approximate surface area is 127 Å². The highest BCUT2D eigenvalue weighted by Gasteiger charge is 2.03. The molecule has 0 aliphatic rings. The van der Waals surface area contributed by atoms with E-state index in [1.54, 1.807) is 24.3 Å². The summed E-state index contributed by atoms with van der Waals surface area (Å²) >= 11 is 5.80. The molecule has 0 spiro atoms. The molecule has 0 atom stereocenters. The number of carbonyl (C=O) groups excluding carboxylic acids is 1. The first-order valence-electron chi connectivity index (χ1n) is 5.96. The van der Waals surface area contributed by atoms with Crippen LogP contribution in [0.2, 0.25) is 5.02 Å². The number of alkyl halides is 1. The van der Waals surface area contributed by atoms with Gasteiger partial charge in [-0.1, -0.05) is 30.3 Å². The Balaban J connectivity index is 2.51. The lowest BCUT2D eigenvalue weighted by Crippen LogP contribution is -2.30. The van der Waals surface area contributed by atoms with Crippen LogP contribution in [0.5, 0.6) is 0 Å². The van der Waals surface area contributed by atoms with Crippen LogP contribution in [0.1, 0.15) is 0 Å². The van der Waals surface area contributed by atoms with Crippen molar-refractivity contribution in [3.63, 3.8) is 0 Å². The molecule has 0 heterocycles. The molecule has 0 aliphatic carbocycles. The maximum Gasteiger partial charge on any atom is 0.319 e. The molecule has 0 radical (unpaired) electrons. The predicted octanol–water partition coefficient (Wildman–Crippen LogP) is 3.49. The Morgan fingerprint density at radius 2 is 2.29 bits per heavy atom. The van der Waals surface area contributed by atoms with E-state index in [1.807, 2.05) is 0 Å². The molecule has 1 rings (SSSR count). The van der Waals surface area contributed by atoms with Crippen molar-refractivity contribution in [2.24, 2.45) is 0 Å². The number of carbonyl (C=O) groups is 1. The molecule has 0 saturated carbocycles. The smallest absolute Gasteiger partial charge is 0.319 e. The molecule has 0 unspecified atom stereocenters. The van der Waals surface area contributed by atoms with E-state index < -0.39 is 12.9 Å². The van der Waals surface area contributed by atoms with Crippen LogP contribution in [-0.4, -0.2) is 25.3 Å². The van der Waals surface area contributed by atoms with Gasteiger partial charge in [-0.05, 0) is 23.8 Å².